The summed E-state index contributed by atoms with van der Waals surface area (Å²) in [6.45, 7) is 2.36. The molecule has 0 spiro atoms. The maximum absolute atomic E-state index is 11.0. The molecule has 3 rings (SSSR count). The van der Waals surface area contributed by atoms with Gasteiger partial charge in [-0.1, -0.05) is 43.3 Å². The van der Waals surface area contributed by atoms with E-state index in [1.807, 2.05) is 60.9 Å². The number of nitrogens with zero attached hydrogens (tertiary/aromatic N) is 2. The summed E-state index contributed by atoms with van der Waals surface area (Å²) in [7, 11) is 0. The van der Waals surface area contributed by atoms with Crippen LogP contribution in [0.1, 0.15) is 29.5 Å². The fourth-order valence-corrected chi connectivity index (χ4v) is 3.35. The van der Waals surface area contributed by atoms with Crippen molar-refractivity contribution in [1.29, 1.82) is 0 Å². The molecule has 5 heteroatoms. The molecule has 1 unspecified atom stereocenters. The van der Waals surface area contributed by atoms with Crippen LogP contribution < -0.4 is 4.74 Å². The van der Waals surface area contributed by atoms with Crippen molar-refractivity contribution in [1.82, 2.24) is 9.97 Å². The van der Waals surface area contributed by atoms with Crippen LogP contribution in [0.2, 0.25) is 0 Å². The molecule has 0 saturated carbocycles. The summed E-state index contributed by atoms with van der Waals surface area (Å²) < 4.78 is 5.75. The molecule has 0 aliphatic rings. The van der Waals surface area contributed by atoms with Gasteiger partial charge >= 0.3 is 0 Å². The van der Waals surface area contributed by atoms with E-state index in [2.05, 4.69) is 9.97 Å². The summed E-state index contributed by atoms with van der Waals surface area (Å²) in [6.07, 6.45) is 9.49. The maximum Gasteiger partial charge on any atom is 0.142 e. The number of aromatic nitrogens is 2. The molecular weight excluding hydrogens is 332 g/mol. The fourth-order valence-electron chi connectivity index (χ4n) is 2.52. The molecule has 0 aliphatic heterocycles. The fraction of sp³-hybridized carbons (Fsp3) is 0.200. The van der Waals surface area contributed by atoms with E-state index in [0.29, 0.717) is 29.3 Å². The number of hydrogen-bond donors (Lipinski definition) is 1. The number of rotatable bonds is 7. The Morgan fingerprint density at radius 1 is 1.24 bits per heavy atom. The second-order valence-corrected chi connectivity index (χ2v) is 6.48. The van der Waals surface area contributed by atoms with Crippen LogP contribution in [-0.4, -0.2) is 21.7 Å². The first kappa shape index (κ1) is 17.3. The average Bonchev–Trinajstić information content (AvgIpc) is 3.21. The average molecular weight is 352 g/mol. The zero-order valence-corrected chi connectivity index (χ0v) is 14.8. The van der Waals surface area contributed by atoms with Crippen LogP contribution in [0.25, 0.3) is 6.08 Å². The van der Waals surface area contributed by atoms with Crippen molar-refractivity contribution in [2.24, 2.45) is 0 Å². The molecule has 0 radical (unpaired) electrons. The molecule has 0 bridgehead atoms. The Labute approximate surface area is 151 Å². The van der Waals surface area contributed by atoms with Crippen LogP contribution >= 0.6 is 11.3 Å². The molecule has 2 aromatic heterocycles. The van der Waals surface area contributed by atoms with Crippen molar-refractivity contribution >= 4 is 17.4 Å². The van der Waals surface area contributed by atoms with Crippen molar-refractivity contribution in [3.8, 4) is 5.75 Å². The summed E-state index contributed by atoms with van der Waals surface area (Å²) in [4.78, 5) is 8.48. The van der Waals surface area contributed by atoms with E-state index >= 15 is 0 Å². The Morgan fingerprint density at radius 3 is 2.80 bits per heavy atom. The predicted molar refractivity (Wildman–Crippen MR) is 101 cm³/mol. The van der Waals surface area contributed by atoms with Gasteiger partial charge < -0.3 is 9.84 Å². The summed E-state index contributed by atoms with van der Waals surface area (Å²) in [5, 5.41) is 13.6. The lowest BCUT2D eigenvalue weighted by Crippen LogP contribution is -2.26. The number of aliphatic hydroxyl groups is 1. The summed E-state index contributed by atoms with van der Waals surface area (Å²) in [5.74, 6) is 0.624. The molecule has 1 N–H and O–H groups in total. The minimum absolute atomic E-state index is 0.432. The normalized spacial score (nSPS) is 13.7. The van der Waals surface area contributed by atoms with Crippen molar-refractivity contribution in [3.63, 3.8) is 0 Å². The van der Waals surface area contributed by atoms with Crippen LogP contribution in [0.15, 0.2) is 66.4 Å². The molecule has 0 aliphatic carbocycles. The van der Waals surface area contributed by atoms with E-state index in [-0.39, 0.29) is 0 Å². The Balaban J connectivity index is 1.70. The van der Waals surface area contributed by atoms with Gasteiger partial charge in [-0.05, 0) is 24.1 Å². The SMILES string of the molecule is CCC(O)(c1cncc(OCC=Cc2ccccc2)c1)c1nccs1. The van der Waals surface area contributed by atoms with Gasteiger partial charge in [-0.3, -0.25) is 4.98 Å². The van der Waals surface area contributed by atoms with Gasteiger partial charge in [0.2, 0.25) is 0 Å². The van der Waals surface area contributed by atoms with Crippen molar-refractivity contribution in [2.75, 3.05) is 6.61 Å². The minimum Gasteiger partial charge on any atom is -0.488 e. The van der Waals surface area contributed by atoms with Crippen molar-refractivity contribution < 1.29 is 9.84 Å². The van der Waals surface area contributed by atoms with Crippen LogP contribution in [0.5, 0.6) is 5.75 Å². The Kier molecular flexibility index (Phi) is 5.58. The van der Waals surface area contributed by atoms with Crippen molar-refractivity contribution in [2.45, 2.75) is 18.9 Å². The minimum atomic E-state index is -1.14. The summed E-state index contributed by atoms with van der Waals surface area (Å²) in [6, 6.07) is 11.9. The van der Waals surface area contributed by atoms with E-state index < -0.39 is 5.60 Å². The molecule has 1 atom stereocenters. The van der Waals surface area contributed by atoms with Crippen LogP contribution in [0.3, 0.4) is 0 Å². The third-order valence-corrected chi connectivity index (χ3v) is 4.87. The lowest BCUT2D eigenvalue weighted by atomic mass is 9.93. The number of pyridine rings is 1. The van der Waals surface area contributed by atoms with Gasteiger partial charge in [0.15, 0.2) is 0 Å². The highest BCUT2D eigenvalue weighted by Gasteiger charge is 2.32. The molecular formula is C20H20N2O2S. The predicted octanol–water partition coefficient (Wildman–Crippen LogP) is 4.28. The van der Waals surface area contributed by atoms with Crippen molar-refractivity contribution in [3.05, 3.63) is 82.6 Å². The molecule has 2 heterocycles. The van der Waals surface area contributed by atoms with Gasteiger partial charge in [-0.25, -0.2) is 4.98 Å². The number of hydrogen-bond acceptors (Lipinski definition) is 5. The van der Waals surface area contributed by atoms with E-state index in [0.717, 1.165) is 5.56 Å². The summed E-state index contributed by atoms with van der Waals surface area (Å²) in [5.41, 5.74) is 0.678. The molecule has 0 saturated heterocycles. The van der Waals surface area contributed by atoms with Gasteiger partial charge in [-0.2, -0.15) is 0 Å². The molecule has 4 nitrogen and oxygen atoms in total. The monoisotopic (exact) mass is 352 g/mol. The smallest absolute Gasteiger partial charge is 0.142 e. The number of thiazole rings is 1. The zero-order chi connectivity index (χ0) is 17.5. The van der Waals surface area contributed by atoms with Gasteiger partial charge in [0.1, 0.15) is 23.0 Å². The van der Waals surface area contributed by atoms with Gasteiger partial charge in [0.05, 0.1) is 6.20 Å². The lowest BCUT2D eigenvalue weighted by Gasteiger charge is -2.24. The largest absolute Gasteiger partial charge is 0.488 e. The molecule has 128 valence electrons. The first-order valence-electron chi connectivity index (χ1n) is 8.14. The second-order valence-electron chi connectivity index (χ2n) is 5.58. The third-order valence-electron chi connectivity index (χ3n) is 3.94. The Morgan fingerprint density at radius 2 is 2.08 bits per heavy atom. The highest BCUT2D eigenvalue weighted by Crippen LogP contribution is 2.34. The van der Waals surface area contributed by atoms with Crippen LogP contribution in [0, 0.1) is 0 Å². The highest BCUT2D eigenvalue weighted by atomic mass is 32.1. The lowest BCUT2D eigenvalue weighted by molar-refractivity contribution is 0.0755. The van der Waals surface area contributed by atoms with E-state index in [1.54, 1.807) is 18.6 Å². The third kappa shape index (κ3) is 4.13. The quantitative estimate of drug-likeness (QED) is 0.690. The van der Waals surface area contributed by atoms with Gasteiger partial charge in [0, 0.05) is 23.3 Å². The number of benzene rings is 1. The molecule has 1 aromatic carbocycles. The van der Waals surface area contributed by atoms with Gasteiger partial charge in [-0.15, -0.1) is 11.3 Å². The standard InChI is InChI=1S/C20H20N2O2S/c1-2-20(23,19-22-10-12-25-19)17-13-18(15-21-14-17)24-11-6-9-16-7-4-3-5-8-16/h3-10,12-15,23H,2,11H2,1H3. The Bertz CT molecular complexity index is 819. The molecule has 25 heavy (non-hydrogen) atoms. The number of ether oxygens (including phenoxy) is 1. The Hall–Kier alpha value is -2.50. The van der Waals surface area contributed by atoms with Crippen LogP contribution in [0.4, 0.5) is 0 Å². The first-order valence-corrected chi connectivity index (χ1v) is 9.02. The molecule has 3 aromatic rings. The second kappa shape index (κ2) is 8.05. The van der Waals surface area contributed by atoms with Gasteiger partial charge in [0.25, 0.3) is 0 Å². The highest BCUT2D eigenvalue weighted by molar-refractivity contribution is 7.09. The first-order chi connectivity index (χ1) is 12.2. The van der Waals surface area contributed by atoms with Crippen LogP contribution in [-0.2, 0) is 5.60 Å². The van der Waals surface area contributed by atoms with E-state index in [9.17, 15) is 5.11 Å². The van der Waals surface area contributed by atoms with E-state index in [4.69, 9.17) is 4.74 Å². The zero-order valence-electron chi connectivity index (χ0n) is 14.0. The van der Waals surface area contributed by atoms with E-state index in [1.165, 1.54) is 11.3 Å². The maximum atomic E-state index is 11.0. The topological polar surface area (TPSA) is 55.2 Å². The molecule has 0 fully saturated rings. The summed E-state index contributed by atoms with van der Waals surface area (Å²) >= 11 is 1.43. The molecule has 0 amide bonds.